The first kappa shape index (κ1) is 14.8. The Labute approximate surface area is 125 Å². The Morgan fingerprint density at radius 2 is 1.95 bits per heavy atom. The lowest BCUT2D eigenvalue weighted by Gasteiger charge is -2.11. The van der Waals surface area contributed by atoms with E-state index < -0.39 is 10.9 Å². The maximum Gasteiger partial charge on any atom is 0.335 e. The molecule has 6 nitrogen and oxygen atoms in total. The minimum Gasteiger partial charge on any atom is -0.478 e. The second-order valence-electron chi connectivity index (χ2n) is 4.38. The zero-order valence-electron chi connectivity index (χ0n) is 11.0. The summed E-state index contributed by atoms with van der Waals surface area (Å²) in [6.45, 7) is 1.81. The highest BCUT2D eigenvalue weighted by Crippen LogP contribution is 2.31. The molecule has 108 valence electrons. The summed E-state index contributed by atoms with van der Waals surface area (Å²) in [5.74, 6) is -1.16. The van der Waals surface area contributed by atoms with Crippen LogP contribution in [0.25, 0.3) is 0 Å². The molecule has 2 N–H and O–H groups in total. The lowest BCUT2D eigenvalue weighted by molar-refractivity contribution is -0.383. The molecule has 2 aromatic carbocycles. The van der Waals surface area contributed by atoms with Gasteiger partial charge in [-0.25, -0.2) is 4.79 Å². The van der Waals surface area contributed by atoms with E-state index in [-0.39, 0.29) is 16.9 Å². The Bertz CT molecular complexity index is 731. The molecular weight excluding hydrogens is 296 g/mol. The Kier molecular flexibility index (Phi) is 4.09. The maximum absolute atomic E-state index is 11.0. The van der Waals surface area contributed by atoms with Crippen LogP contribution in [0.15, 0.2) is 36.4 Å². The molecule has 0 saturated carbocycles. The molecule has 21 heavy (non-hydrogen) atoms. The summed E-state index contributed by atoms with van der Waals surface area (Å²) in [5, 5.41) is 23.4. The van der Waals surface area contributed by atoms with Gasteiger partial charge in [-0.15, -0.1) is 0 Å². The van der Waals surface area contributed by atoms with Crippen LogP contribution in [0.4, 0.5) is 17.1 Å². The van der Waals surface area contributed by atoms with E-state index in [1.54, 1.807) is 18.2 Å². The van der Waals surface area contributed by atoms with Gasteiger partial charge < -0.3 is 10.4 Å². The average molecular weight is 307 g/mol. The molecule has 0 saturated heterocycles. The normalized spacial score (nSPS) is 10.2. The number of anilines is 2. The number of nitrogens with zero attached hydrogens (tertiary/aromatic N) is 1. The molecule has 0 bridgehead atoms. The summed E-state index contributed by atoms with van der Waals surface area (Å²) in [6.07, 6.45) is 0. The fourth-order valence-electron chi connectivity index (χ4n) is 1.80. The fourth-order valence-corrected chi connectivity index (χ4v) is 1.97. The van der Waals surface area contributed by atoms with E-state index in [0.717, 1.165) is 11.6 Å². The van der Waals surface area contributed by atoms with E-state index >= 15 is 0 Å². The van der Waals surface area contributed by atoms with E-state index in [0.29, 0.717) is 10.7 Å². The maximum atomic E-state index is 11.0. The van der Waals surface area contributed by atoms with Crippen LogP contribution >= 0.6 is 11.6 Å². The summed E-state index contributed by atoms with van der Waals surface area (Å²) in [7, 11) is 0. The second-order valence-corrected chi connectivity index (χ2v) is 4.81. The molecule has 0 unspecified atom stereocenters. The van der Waals surface area contributed by atoms with Gasteiger partial charge in [-0.05, 0) is 36.8 Å². The molecule has 2 aromatic rings. The number of hydrogen-bond donors (Lipinski definition) is 2. The molecule has 0 fully saturated rings. The molecule has 0 heterocycles. The van der Waals surface area contributed by atoms with Gasteiger partial charge in [0.15, 0.2) is 0 Å². The first-order valence-electron chi connectivity index (χ1n) is 5.93. The third kappa shape index (κ3) is 3.29. The standard InChI is InChI=1S/C14H11ClN2O4/c1-8-2-4-10(15)7-11(8)16-12-6-9(14(18)19)3-5-13(12)17(20)21/h2-7,16H,1H3,(H,18,19). The third-order valence-corrected chi connectivity index (χ3v) is 3.14. The number of nitro benzene ring substituents is 1. The van der Waals surface area contributed by atoms with E-state index in [1.807, 2.05) is 6.92 Å². The quantitative estimate of drug-likeness (QED) is 0.658. The van der Waals surface area contributed by atoms with Gasteiger partial charge in [-0.3, -0.25) is 10.1 Å². The van der Waals surface area contributed by atoms with Gasteiger partial charge in [-0.1, -0.05) is 17.7 Å². The highest BCUT2D eigenvalue weighted by molar-refractivity contribution is 6.30. The molecule has 0 aliphatic carbocycles. The largest absolute Gasteiger partial charge is 0.478 e. The number of carboxylic acid groups (broad SMARTS) is 1. The van der Waals surface area contributed by atoms with Crippen LogP contribution < -0.4 is 5.32 Å². The van der Waals surface area contributed by atoms with Crippen LogP contribution in [0.5, 0.6) is 0 Å². The van der Waals surface area contributed by atoms with Gasteiger partial charge in [-0.2, -0.15) is 0 Å². The number of carboxylic acids is 1. The van der Waals surface area contributed by atoms with Crippen LogP contribution in [0.3, 0.4) is 0 Å². The third-order valence-electron chi connectivity index (χ3n) is 2.91. The molecule has 7 heteroatoms. The molecule has 0 aliphatic heterocycles. The Hall–Kier alpha value is -2.60. The zero-order chi connectivity index (χ0) is 15.6. The number of hydrogen-bond acceptors (Lipinski definition) is 4. The minimum absolute atomic E-state index is 0.0391. The monoisotopic (exact) mass is 306 g/mol. The molecule has 0 amide bonds. The number of nitro groups is 1. The van der Waals surface area contributed by atoms with Gasteiger partial charge in [0.2, 0.25) is 0 Å². The average Bonchev–Trinajstić information content (AvgIpc) is 2.42. The Balaban J connectivity index is 2.50. The zero-order valence-corrected chi connectivity index (χ0v) is 11.7. The van der Waals surface area contributed by atoms with Crippen molar-refractivity contribution in [1.29, 1.82) is 0 Å². The van der Waals surface area contributed by atoms with Gasteiger partial charge in [0, 0.05) is 16.8 Å². The van der Waals surface area contributed by atoms with Crippen molar-refractivity contribution in [1.82, 2.24) is 0 Å². The number of halogens is 1. The van der Waals surface area contributed by atoms with E-state index in [9.17, 15) is 14.9 Å². The minimum atomic E-state index is -1.16. The van der Waals surface area contributed by atoms with Crippen molar-refractivity contribution in [3.05, 3.63) is 62.7 Å². The molecule has 0 atom stereocenters. The second kappa shape index (κ2) is 5.80. The van der Waals surface area contributed by atoms with Gasteiger partial charge in [0.25, 0.3) is 5.69 Å². The molecule has 0 aliphatic rings. The first-order chi connectivity index (χ1) is 9.88. The van der Waals surface area contributed by atoms with Gasteiger partial charge >= 0.3 is 5.97 Å². The lowest BCUT2D eigenvalue weighted by Crippen LogP contribution is -2.02. The van der Waals surface area contributed by atoms with Crippen LogP contribution in [-0.4, -0.2) is 16.0 Å². The number of aryl methyl sites for hydroxylation is 1. The summed E-state index contributed by atoms with van der Waals surface area (Å²) in [5.41, 5.74) is 1.26. The van der Waals surface area contributed by atoms with Crippen LogP contribution in [0, 0.1) is 17.0 Å². The summed E-state index contributed by atoms with van der Waals surface area (Å²) >= 11 is 5.90. The first-order valence-corrected chi connectivity index (χ1v) is 6.31. The molecule has 2 rings (SSSR count). The topological polar surface area (TPSA) is 92.5 Å². The van der Waals surface area contributed by atoms with E-state index in [2.05, 4.69) is 5.32 Å². The van der Waals surface area contributed by atoms with Crippen molar-refractivity contribution in [3.63, 3.8) is 0 Å². The van der Waals surface area contributed by atoms with Gasteiger partial charge in [0.05, 0.1) is 10.5 Å². The lowest BCUT2D eigenvalue weighted by atomic mass is 10.1. The van der Waals surface area contributed by atoms with Crippen LogP contribution in [0.2, 0.25) is 5.02 Å². The van der Waals surface area contributed by atoms with Crippen molar-refractivity contribution in [2.24, 2.45) is 0 Å². The molecule has 0 spiro atoms. The number of carbonyl (C=O) groups is 1. The van der Waals surface area contributed by atoms with Gasteiger partial charge in [0.1, 0.15) is 5.69 Å². The highest BCUT2D eigenvalue weighted by atomic mass is 35.5. The number of nitrogens with one attached hydrogen (secondary N) is 1. The summed E-state index contributed by atoms with van der Waals surface area (Å²) in [4.78, 5) is 21.5. The smallest absolute Gasteiger partial charge is 0.335 e. The summed E-state index contributed by atoms with van der Waals surface area (Å²) < 4.78 is 0. The van der Waals surface area contributed by atoms with Crippen molar-refractivity contribution in [2.75, 3.05) is 5.32 Å². The SMILES string of the molecule is Cc1ccc(Cl)cc1Nc1cc(C(=O)O)ccc1[N+](=O)[O-]. The highest BCUT2D eigenvalue weighted by Gasteiger charge is 2.17. The molecule has 0 aromatic heterocycles. The van der Waals surface area contributed by atoms with E-state index in [4.69, 9.17) is 16.7 Å². The number of rotatable bonds is 4. The predicted octanol–water partition coefficient (Wildman–Crippen LogP) is 4.00. The molecular formula is C14H11ClN2O4. The number of aromatic carboxylic acids is 1. The predicted molar refractivity (Wildman–Crippen MR) is 79.5 cm³/mol. The van der Waals surface area contributed by atoms with E-state index in [1.165, 1.54) is 12.1 Å². The van der Waals surface area contributed by atoms with Crippen LogP contribution in [0.1, 0.15) is 15.9 Å². The molecule has 0 radical (unpaired) electrons. The van der Waals surface area contributed by atoms with Crippen molar-refractivity contribution >= 4 is 34.6 Å². The van der Waals surface area contributed by atoms with Crippen LogP contribution in [-0.2, 0) is 0 Å². The van der Waals surface area contributed by atoms with Crippen molar-refractivity contribution in [2.45, 2.75) is 6.92 Å². The summed E-state index contributed by atoms with van der Waals surface area (Å²) in [6, 6.07) is 8.65. The van der Waals surface area contributed by atoms with Crippen molar-refractivity contribution < 1.29 is 14.8 Å². The van der Waals surface area contributed by atoms with Crippen molar-refractivity contribution in [3.8, 4) is 0 Å². The Morgan fingerprint density at radius 3 is 2.57 bits per heavy atom. The fraction of sp³-hybridized carbons (Fsp3) is 0.0714. The Morgan fingerprint density at radius 1 is 1.24 bits per heavy atom. The number of benzene rings is 2.